The lowest BCUT2D eigenvalue weighted by molar-refractivity contribution is 0.111. The Morgan fingerprint density at radius 3 is 2.56 bits per heavy atom. The molecule has 1 heterocycles. The number of thiophene rings is 1. The van der Waals surface area contributed by atoms with Crippen LogP contribution in [-0.2, 0) is 0 Å². The van der Waals surface area contributed by atoms with E-state index in [9.17, 15) is 13.6 Å². The summed E-state index contributed by atoms with van der Waals surface area (Å²) in [5, 5.41) is 1.63. The molecule has 16 heavy (non-hydrogen) atoms. The minimum atomic E-state index is -1.13. The van der Waals surface area contributed by atoms with E-state index in [-0.39, 0.29) is 17.4 Å². The normalized spacial score (nSPS) is 10.4. The zero-order chi connectivity index (χ0) is 11.7. The highest BCUT2D eigenvalue weighted by molar-refractivity contribution is 7.14. The molecular weight excluding hydrogens is 254 g/mol. The molecule has 0 atom stereocenters. The van der Waals surface area contributed by atoms with Crippen LogP contribution in [0.3, 0.4) is 0 Å². The number of aldehydes is 1. The van der Waals surface area contributed by atoms with E-state index in [1.165, 1.54) is 23.5 Å². The molecule has 0 saturated heterocycles. The fourth-order valence-electron chi connectivity index (χ4n) is 1.33. The first-order chi connectivity index (χ1) is 7.63. The topological polar surface area (TPSA) is 17.1 Å². The van der Waals surface area contributed by atoms with Crippen LogP contribution in [0.2, 0.25) is 4.34 Å². The summed E-state index contributed by atoms with van der Waals surface area (Å²) in [6, 6.07) is 4.15. The van der Waals surface area contributed by atoms with E-state index in [4.69, 9.17) is 11.6 Å². The molecule has 1 aromatic carbocycles. The standard InChI is InChI=1S/C11H5ClF2OS/c12-9-3-7(5-16-9)8-2-1-6(4-15)10(13)11(8)14/h1-5H. The Balaban J connectivity index is 2.59. The van der Waals surface area contributed by atoms with Gasteiger partial charge in [-0.15, -0.1) is 11.3 Å². The lowest BCUT2D eigenvalue weighted by Crippen LogP contribution is -1.95. The van der Waals surface area contributed by atoms with Crippen molar-refractivity contribution >= 4 is 29.2 Å². The van der Waals surface area contributed by atoms with Crippen molar-refractivity contribution in [3.63, 3.8) is 0 Å². The van der Waals surface area contributed by atoms with Crippen LogP contribution in [-0.4, -0.2) is 6.29 Å². The van der Waals surface area contributed by atoms with Crippen LogP contribution in [0.15, 0.2) is 23.6 Å². The molecule has 5 heteroatoms. The summed E-state index contributed by atoms with van der Waals surface area (Å²) in [6.45, 7) is 0. The molecule has 0 amide bonds. The molecule has 1 nitrogen and oxygen atoms in total. The highest BCUT2D eigenvalue weighted by atomic mass is 35.5. The van der Waals surface area contributed by atoms with E-state index < -0.39 is 11.6 Å². The number of halogens is 3. The molecule has 0 saturated carbocycles. The van der Waals surface area contributed by atoms with E-state index in [1.54, 1.807) is 11.4 Å². The summed E-state index contributed by atoms with van der Waals surface area (Å²) < 4.78 is 27.4. The van der Waals surface area contributed by atoms with Gasteiger partial charge in [-0.05, 0) is 17.7 Å². The Morgan fingerprint density at radius 2 is 2.00 bits per heavy atom. The maximum Gasteiger partial charge on any atom is 0.169 e. The molecule has 0 bridgehead atoms. The number of carbonyl (C=O) groups is 1. The predicted octanol–water partition coefficient (Wildman–Crippen LogP) is 4.16. The second-order valence-electron chi connectivity index (χ2n) is 3.09. The number of carbonyl (C=O) groups excluding carboxylic acids is 1. The van der Waals surface area contributed by atoms with Gasteiger partial charge < -0.3 is 0 Å². The Labute approximate surface area is 99.3 Å². The molecule has 0 aliphatic carbocycles. The Hall–Kier alpha value is -1.26. The van der Waals surface area contributed by atoms with Crippen molar-refractivity contribution in [2.75, 3.05) is 0 Å². The van der Waals surface area contributed by atoms with Gasteiger partial charge in [0.05, 0.1) is 9.90 Å². The third kappa shape index (κ3) is 1.86. The molecule has 0 N–H and O–H groups in total. The van der Waals surface area contributed by atoms with Crippen molar-refractivity contribution < 1.29 is 13.6 Å². The quantitative estimate of drug-likeness (QED) is 0.739. The Bertz CT molecular complexity index is 551. The summed E-state index contributed by atoms with van der Waals surface area (Å²) in [5.41, 5.74) is 0.317. The summed E-state index contributed by atoms with van der Waals surface area (Å²) in [4.78, 5) is 10.4. The Kier molecular flexibility index (Phi) is 3.03. The zero-order valence-corrected chi connectivity index (χ0v) is 9.41. The van der Waals surface area contributed by atoms with Gasteiger partial charge in [0.25, 0.3) is 0 Å². The van der Waals surface area contributed by atoms with Crippen molar-refractivity contribution in [3.8, 4) is 11.1 Å². The first kappa shape index (κ1) is 11.2. The van der Waals surface area contributed by atoms with Crippen LogP contribution in [0.1, 0.15) is 10.4 Å². The lowest BCUT2D eigenvalue weighted by Gasteiger charge is -2.02. The maximum atomic E-state index is 13.6. The van der Waals surface area contributed by atoms with Gasteiger partial charge in [-0.1, -0.05) is 17.7 Å². The smallest absolute Gasteiger partial charge is 0.169 e. The minimum absolute atomic E-state index is 0.103. The maximum absolute atomic E-state index is 13.6. The Morgan fingerprint density at radius 1 is 1.25 bits per heavy atom. The van der Waals surface area contributed by atoms with Crippen molar-refractivity contribution in [2.45, 2.75) is 0 Å². The summed E-state index contributed by atoms with van der Waals surface area (Å²) in [5.74, 6) is -2.16. The zero-order valence-electron chi connectivity index (χ0n) is 7.84. The third-order valence-electron chi connectivity index (χ3n) is 2.12. The summed E-state index contributed by atoms with van der Waals surface area (Å²) in [6.07, 6.45) is 0.281. The van der Waals surface area contributed by atoms with Crippen molar-refractivity contribution in [1.82, 2.24) is 0 Å². The fraction of sp³-hybridized carbons (Fsp3) is 0. The molecule has 1 aromatic heterocycles. The van der Waals surface area contributed by atoms with Gasteiger partial charge in [0.2, 0.25) is 0 Å². The molecule has 0 unspecified atom stereocenters. The average Bonchev–Trinajstić information content (AvgIpc) is 2.69. The molecule has 0 fully saturated rings. The van der Waals surface area contributed by atoms with E-state index >= 15 is 0 Å². The van der Waals surface area contributed by atoms with Gasteiger partial charge in [-0.2, -0.15) is 0 Å². The highest BCUT2D eigenvalue weighted by Gasteiger charge is 2.14. The van der Waals surface area contributed by atoms with Gasteiger partial charge in [0, 0.05) is 10.9 Å². The highest BCUT2D eigenvalue weighted by Crippen LogP contribution is 2.31. The molecule has 2 rings (SSSR count). The molecule has 0 spiro atoms. The minimum Gasteiger partial charge on any atom is -0.298 e. The molecule has 0 radical (unpaired) electrons. The number of rotatable bonds is 2. The number of hydrogen-bond donors (Lipinski definition) is 0. The SMILES string of the molecule is O=Cc1ccc(-c2csc(Cl)c2)c(F)c1F. The van der Waals surface area contributed by atoms with E-state index in [2.05, 4.69) is 0 Å². The molecule has 0 aliphatic rings. The summed E-state index contributed by atoms with van der Waals surface area (Å²) in [7, 11) is 0. The van der Waals surface area contributed by atoms with Crippen molar-refractivity contribution in [3.05, 3.63) is 45.1 Å². The van der Waals surface area contributed by atoms with Gasteiger partial charge in [-0.3, -0.25) is 4.79 Å². The predicted molar refractivity (Wildman–Crippen MR) is 60.1 cm³/mol. The van der Waals surface area contributed by atoms with Gasteiger partial charge >= 0.3 is 0 Å². The van der Waals surface area contributed by atoms with Crippen LogP contribution in [0, 0.1) is 11.6 Å². The van der Waals surface area contributed by atoms with Crippen LogP contribution < -0.4 is 0 Å². The second kappa shape index (κ2) is 4.31. The first-order valence-corrected chi connectivity index (χ1v) is 5.57. The van der Waals surface area contributed by atoms with Crippen LogP contribution in [0.25, 0.3) is 11.1 Å². The average molecular weight is 259 g/mol. The van der Waals surface area contributed by atoms with Gasteiger partial charge in [0.1, 0.15) is 0 Å². The second-order valence-corrected chi connectivity index (χ2v) is 4.63. The number of benzene rings is 1. The molecule has 0 aliphatic heterocycles. The largest absolute Gasteiger partial charge is 0.298 e. The number of hydrogen-bond acceptors (Lipinski definition) is 2. The van der Waals surface area contributed by atoms with Crippen LogP contribution in [0.5, 0.6) is 0 Å². The van der Waals surface area contributed by atoms with Gasteiger partial charge in [-0.25, -0.2) is 8.78 Å². The summed E-state index contributed by atoms with van der Waals surface area (Å²) >= 11 is 6.94. The van der Waals surface area contributed by atoms with E-state index in [1.807, 2.05) is 0 Å². The monoisotopic (exact) mass is 258 g/mol. The van der Waals surface area contributed by atoms with E-state index in [0.717, 1.165) is 0 Å². The molecular formula is C11H5ClF2OS. The van der Waals surface area contributed by atoms with E-state index in [0.29, 0.717) is 9.90 Å². The van der Waals surface area contributed by atoms with Gasteiger partial charge in [0.15, 0.2) is 17.9 Å². The van der Waals surface area contributed by atoms with Crippen molar-refractivity contribution in [2.24, 2.45) is 0 Å². The fourth-order valence-corrected chi connectivity index (χ4v) is 2.21. The van der Waals surface area contributed by atoms with Crippen molar-refractivity contribution in [1.29, 1.82) is 0 Å². The van der Waals surface area contributed by atoms with Crippen LogP contribution in [0.4, 0.5) is 8.78 Å². The third-order valence-corrected chi connectivity index (χ3v) is 3.21. The first-order valence-electron chi connectivity index (χ1n) is 4.31. The molecule has 82 valence electrons. The molecule has 2 aromatic rings. The lowest BCUT2D eigenvalue weighted by atomic mass is 10.1. The van der Waals surface area contributed by atoms with Crippen LogP contribution >= 0.6 is 22.9 Å².